The van der Waals surface area contributed by atoms with Gasteiger partial charge in [0.05, 0.1) is 5.69 Å². The van der Waals surface area contributed by atoms with E-state index >= 15 is 0 Å². The number of rotatable bonds is 1. The molecular weight excluding hydrogens is 179 g/mol. The Labute approximate surface area is 72.7 Å². The number of benzene rings is 1. The third-order valence-corrected chi connectivity index (χ3v) is 1.28. The molecule has 5 nitrogen and oxygen atoms in total. The van der Waals surface area contributed by atoms with Gasteiger partial charge in [-0.25, -0.2) is 9.18 Å². The maximum absolute atomic E-state index is 12.6. The smallest absolute Gasteiger partial charge is 0.410 e. The number of ether oxygens (including phenoxy) is 1. The predicted molar refractivity (Wildman–Crippen MR) is 42.7 cm³/mol. The Bertz CT molecular complexity index is 354. The molecule has 0 aromatic heterocycles. The van der Waals surface area contributed by atoms with Gasteiger partial charge in [-0.1, -0.05) is 0 Å². The topological polar surface area (TPSA) is 98.6 Å². The van der Waals surface area contributed by atoms with Gasteiger partial charge in [0.1, 0.15) is 5.82 Å². The summed E-state index contributed by atoms with van der Waals surface area (Å²) in [6.45, 7) is 0. The van der Waals surface area contributed by atoms with Crippen molar-refractivity contribution >= 4 is 11.8 Å². The first kappa shape index (κ1) is 9.11. The van der Waals surface area contributed by atoms with Gasteiger partial charge in [-0.05, 0) is 0 Å². The van der Waals surface area contributed by atoms with E-state index in [4.69, 9.17) is 10.8 Å². The van der Waals surface area contributed by atoms with Crippen LogP contribution >= 0.6 is 0 Å². The quantitative estimate of drug-likeness (QED) is 0.441. The summed E-state index contributed by atoms with van der Waals surface area (Å²) < 4.78 is 16.9. The molecule has 1 aromatic rings. The number of hydrogen-bond acceptors (Lipinski definition) is 4. The summed E-state index contributed by atoms with van der Waals surface area (Å²) in [7, 11) is 0. The van der Waals surface area contributed by atoms with E-state index in [-0.39, 0.29) is 5.69 Å². The summed E-state index contributed by atoms with van der Waals surface area (Å²) in [6.07, 6.45) is -1.15. The van der Waals surface area contributed by atoms with E-state index in [1.54, 1.807) is 0 Å². The number of phenols is 1. The highest BCUT2D eigenvalue weighted by Gasteiger charge is 2.10. The number of primary amides is 1. The number of hydrogen-bond donors (Lipinski definition) is 3. The fraction of sp³-hybridized carbons (Fsp3) is 0. The van der Waals surface area contributed by atoms with Crippen LogP contribution < -0.4 is 16.2 Å². The molecule has 6 heteroatoms. The number of halogens is 1. The Hall–Kier alpha value is -1.98. The summed E-state index contributed by atoms with van der Waals surface area (Å²) >= 11 is 0. The first-order valence-corrected chi connectivity index (χ1v) is 3.26. The van der Waals surface area contributed by atoms with Crippen LogP contribution in [0, 0.1) is 5.82 Å². The van der Waals surface area contributed by atoms with Crippen LogP contribution in [0.25, 0.3) is 0 Å². The summed E-state index contributed by atoms with van der Waals surface area (Å²) in [4.78, 5) is 10.3. The van der Waals surface area contributed by atoms with Crippen LogP contribution in [0.5, 0.6) is 11.5 Å². The van der Waals surface area contributed by atoms with Gasteiger partial charge < -0.3 is 21.3 Å². The maximum atomic E-state index is 12.6. The lowest BCUT2D eigenvalue weighted by Crippen LogP contribution is -2.16. The number of carbonyl (C=O) groups excluding carboxylic acids is 1. The van der Waals surface area contributed by atoms with E-state index in [0.717, 1.165) is 12.1 Å². The first-order valence-electron chi connectivity index (χ1n) is 3.26. The average molecular weight is 186 g/mol. The Kier molecular flexibility index (Phi) is 2.23. The molecule has 0 bridgehead atoms. The Morgan fingerprint density at radius 2 is 2.15 bits per heavy atom. The highest BCUT2D eigenvalue weighted by atomic mass is 19.1. The first-order chi connectivity index (χ1) is 6.00. The monoisotopic (exact) mass is 186 g/mol. The van der Waals surface area contributed by atoms with Crippen LogP contribution in [0.2, 0.25) is 0 Å². The second-order valence-corrected chi connectivity index (χ2v) is 2.26. The van der Waals surface area contributed by atoms with Crippen molar-refractivity contribution in [1.82, 2.24) is 0 Å². The van der Waals surface area contributed by atoms with Crippen LogP contribution in [0.3, 0.4) is 0 Å². The van der Waals surface area contributed by atoms with Crippen molar-refractivity contribution in [3.05, 3.63) is 17.9 Å². The molecule has 1 rings (SSSR count). The molecule has 13 heavy (non-hydrogen) atoms. The van der Waals surface area contributed by atoms with Crippen molar-refractivity contribution in [3.63, 3.8) is 0 Å². The lowest BCUT2D eigenvalue weighted by Gasteiger charge is -2.05. The molecule has 0 spiro atoms. The minimum Gasteiger partial charge on any atom is -0.503 e. The maximum Gasteiger partial charge on any atom is 0.410 e. The van der Waals surface area contributed by atoms with Gasteiger partial charge in [0.15, 0.2) is 11.5 Å². The van der Waals surface area contributed by atoms with Crippen molar-refractivity contribution in [2.24, 2.45) is 5.73 Å². The van der Waals surface area contributed by atoms with Crippen LogP contribution in [-0.4, -0.2) is 11.2 Å². The third-order valence-electron chi connectivity index (χ3n) is 1.28. The van der Waals surface area contributed by atoms with Crippen LogP contribution in [-0.2, 0) is 0 Å². The summed E-state index contributed by atoms with van der Waals surface area (Å²) in [5.41, 5.74) is 9.61. The second-order valence-electron chi connectivity index (χ2n) is 2.26. The van der Waals surface area contributed by atoms with Crippen LogP contribution in [0.1, 0.15) is 0 Å². The SMILES string of the molecule is NC(=O)Oc1cc(F)cc(N)c1O. The summed E-state index contributed by atoms with van der Waals surface area (Å²) in [5.74, 6) is -1.64. The van der Waals surface area contributed by atoms with Gasteiger partial charge in [-0.15, -0.1) is 0 Å². The molecular formula is C7H7FN2O3. The number of nitrogens with two attached hydrogens (primary N) is 2. The zero-order valence-electron chi connectivity index (χ0n) is 6.45. The number of phenolic OH excluding ortho intramolecular Hbond substituents is 1. The van der Waals surface area contributed by atoms with E-state index in [0.29, 0.717) is 0 Å². The molecule has 1 amide bonds. The highest BCUT2D eigenvalue weighted by Crippen LogP contribution is 2.32. The molecule has 0 saturated heterocycles. The molecule has 0 unspecified atom stereocenters. The van der Waals surface area contributed by atoms with Crippen LogP contribution in [0.15, 0.2) is 12.1 Å². The molecule has 0 aliphatic heterocycles. The Morgan fingerprint density at radius 3 is 2.69 bits per heavy atom. The molecule has 1 aromatic carbocycles. The second kappa shape index (κ2) is 3.18. The Balaban J connectivity index is 3.12. The molecule has 0 fully saturated rings. The van der Waals surface area contributed by atoms with Gasteiger partial charge in [0.25, 0.3) is 0 Å². The molecule has 0 radical (unpaired) electrons. The zero-order valence-corrected chi connectivity index (χ0v) is 6.45. The fourth-order valence-electron chi connectivity index (χ4n) is 0.781. The van der Waals surface area contributed by atoms with Crippen molar-refractivity contribution in [2.45, 2.75) is 0 Å². The van der Waals surface area contributed by atoms with E-state index in [2.05, 4.69) is 10.5 Å². The van der Waals surface area contributed by atoms with E-state index < -0.39 is 23.4 Å². The normalized spacial score (nSPS) is 9.62. The minimum atomic E-state index is -1.15. The lowest BCUT2D eigenvalue weighted by molar-refractivity contribution is 0.209. The van der Waals surface area contributed by atoms with E-state index in [1.807, 2.05) is 0 Å². The highest BCUT2D eigenvalue weighted by molar-refractivity contribution is 5.71. The number of nitrogen functional groups attached to an aromatic ring is 1. The van der Waals surface area contributed by atoms with E-state index in [9.17, 15) is 9.18 Å². The molecule has 70 valence electrons. The van der Waals surface area contributed by atoms with E-state index in [1.165, 1.54) is 0 Å². The molecule has 0 heterocycles. The summed E-state index contributed by atoms with van der Waals surface area (Å²) in [6, 6.07) is 1.69. The fourth-order valence-corrected chi connectivity index (χ4v) is 0.781. The molecule has 0 atom stereocenters. The number of amides is 1. The Morgan fingerprint density at radius 1 is 1.54 bits per heavy atom. The van der Waals surface area contributed by atoms with Crippen molar-refractivity contribution < 1.29 is 19.0 Å². The number of aromatic hydroxyl groups is 1. The van der Waals surface area contributed by atoms with Gasteiger partial charge in [-0.2, -0.15) is 0 Å². The van der Waals surface area contributed by atoms with Crippen LogP contribution in [0.4, 0.5) is 14.9 Å². The molecule has 0 saturated carbocycles. The molecule has 0 aliphatic rings. The summed E-state index contributed by atoms with van der Waals surface area (Å²) in [5, 5.41) is 9.15. The number of carbonyl (C=O) groups is 1. The van der Waals surface area contributed by atoms with Gasteiger partial charge >= 0.3 is 6.09 Å². The van der Waals surface area contributed by atoms with Gasteiger partial charge in [0.2, 0.25) is 0 Å². The minimum absolute atomic E-state index is 0.226. The largest absolute Gasteiger partial charge is 0.503 e. The lowest BCUT2D eigenvalue weighted by atomic mass is 10.2. The van der Waals surface area contributed by atoms with Crippen molar-refractivity contribution in [2.75, 3.05) is 5.73 Å². The van der Waals surface area contributed by atoms with Crippen molar-refractivity contribution in [3.8, 4) is 11.5 Å². The molecule has 0 aliphatic carbocycles. The third kappa shape index (κ3) is 1.98. The average Bonchev–Trinajstić information content (AvgIpc) is 1.98. The van der Waals surface area contributed by atoms with Gasteiger partial charge in [-0.3, -0.25) is 0 Å². The predicted octanol–water partition coefficient (Wildman–Crippen LogP) is 0.571. The van der Waals surface area contributed by atoms with Crippen molar-refractivity contribution in [1.29, 1.82) is 0 Å². The number of anilines is 1. The van der Waals surface area contributed by atoms with Gasteiger partial charge in [0, 0.05) is 12.1 Å². The molecule has 5 N–H and O–H groups in total. The zero-order chi connectivity index (χ0) is 10.0. The standard InChI is InChI=1S/C7H7FN2O3/c8-3-1-4(9)6(11)5(2-3)13-7(10)12/h1-2,11H,9H2,(H2,10,12).